The molecule has 0 saturated carbocycles. The summed E-state index contributed by atoms with van der Waals surface area (Å²) in [6.45, 7) is 0. The number of rotatable bonds is 3. The lowest BCUT2D eigenvalue weighted by molar-refractivity contribution is 0.463. The zero-order chi connectivity index (χ0) is 28.1. The van der Waals surface area contributed by atoms with Crippen LogP contribution in [0.2, 0.25) is 0 Å². The first kappa shape index (κ1) is 30.2. The predicted molar refractivity (Wildman–Crippen MR) is 133 cm³/mol. The highest BCUT2D eigenvalue weighted by Gasteiger charge is 2.14. The Balaban J connectivity index is 0.000000270. The van der Waals surface area contributed by atoms with E-state index < -0.39 is 35.2 Å². The topological polar surface area (TPSA) is 322 Å². The van der Waals surface area contributed by atoms with Crippen molar-refractivity contribution < 1.29 is 38.9 Å². The third kappa shape index (κ3) is 9.09. The van der Waals surface area contributed by atoms with Crippen molar-refractivity contribution in [2.45, 2.75) is 14.7 Å². The van der Waals surface area contributed by atoms with Crippen LogP contribution in [0.4, 0.5) is 34.1 Å². The Morgan fingerprint density at radius 1 is 0.500 bits per heavy atom. The van der Waals surface area contributed by atoms with Gasteiger partial charge < -0.3 is 39.0 Å². The van der Waals surface area contributed by atoms with E-state index in [4.69, 9.17) is 43.5 Å². The van der Waals surface area contributed by atoms with Crippen molar-refractivity contribution in [2.75, 3.05) is 34.4 Å². The van der Waals surface area contributed by atoms with Crippen LogP contribution in [0.5, 0.6) is 0 Å². The molecule has 14 N–H and O–H groups in total. The largest absolute Gasteiger partial charge is 0.744 e. The lowest BCUT2D eigenvalue weighted by Gasteiger charge is -2.09. The third-order valence-corrected chi connectivity index (χ3v) is 6.65. The summed E-state index contributed by atoms with van der Waals surface area (Å²) in [5.74, 6) is 0. The fourth-order valence-corrected chi connectivity index (χ4v) is 4.26. The molecule has 15 nitrogen and oxygen atoms in total. The van der Waals surface area contributed by atoms with Crippen LogP contribution < -0.4 is 34.4 Å². The number of hydrogen-bond acceptors (Lipinski definition) is 13. The predicted octanol–water partition coefficient (Wildman–Crippen LogP) is -0.0495. The van der Waals surface area contributed by atoms with Gasteiger partial charge in [-0.2, -0.15) is 16.8 Å². The Labute approximate surface area is 206 Å². The van der Waals surface area contributed by atoms with Crippen molar-refractivity contribution in [3.05, 3.63) is 54.6 Å². The van der Waals surface area contributed by atoms with Crippen molar-refractivity contribution in [3.63, 3.8) is 0 Å². The van der Waals surface area contributed by atoms with Crippen molar-refractivity contribution >= 4 is 64.5 Å². The monoisotopic (exact) mass is 563 g/mol. The summed E-state index contributed by atoms with van der Waals surface area (Å²) in [4.78, 5) is -1.19. The van der Waals surface area contributed by atoms with Crippen molar-refractivity contribution in [2.24, 2.45) is 0 Å². The first-order valence-corrected chi connectivity index (χ1v) is 13.4. The van der Waals surface area contributed by atoms with Gasteiger partial charge in [0.1, 0.15) is 19.9 Å². The molecule has 0 aromatic heterocycles. The molecule has 0 radical (unpaired) electrons. The lowest BCUT2D eigenvalue weighted by atomic mass is 10.3. The van der Waals surface area contributed by atoms with Gasteiger partial charge in [0.2, 0.25) is 0 Å². The maximum Gasteiger partial charge on any atom is 0.296 e. The summed E-state index contributed by atoms with van der Waals surface area (Å²) < 4.78 is 91.3. The van der Waals surface area contributed by atoms with Crippen LogP contribution in [0.15, 0.2) is 69.3 Å². The molecule has 0 aliphatic heterocycles. The average molecular weight is 564 g/mol. The SMILES string of the molecule is Nc1ccc(N)c(S(=O)(=O)O)c1.Nc1ccc(N)c(S(=O)(=O)O)c1.Nc1ccc(N)c(S(=O)(=O)[O-])c1. The van der Waals surface area contributed by atoms with E-state index in [-0.39, 0.29) is 43.9 Å². The van der Waals surface area contributed by atoms with Gasteiger partial charge in [0, 0.05) is 22.7 Å². The molecule has 3 rings (SSSR count). The van der Waals surface area contributed by atoms with E-state index in [1.54, 1.807) is 0 Å². The first-order valence-electron chi connectivity index (χ1n) is 9.09. The second kappa shape index (κ2) is 11.3. The molecule has 0 fully saturated rings. The van der Waals surface area contributed by atoms with E-state index in [2.05, 4.69) is 0 Å². The molecule has 0 bridgehead atoms. The highest BCUT2D eigenvalue weighted by Crippen LogP contribution is 2.21. The average Bonchev–Trinajstić information content (AvgIpc) is 2.72. The minimum absolute atomic E-state index is 0.0216. The summed E-state index contributed by atoms with van der Waals surface area (Å²) in [6, 6.07) is 11.5. The van der Waals surface area contributed by atoms with Crippen LogP contribution in [0.1, 0.15) is 0 Å². The molecular formula is C18H23N6O9S3-. The van der Waals surface area contributed by atoms with Crippen LogP contribution in [0.3, 0.4) is 0 Å². The van der Waals surface area contributed by atoms with E-state index in [1.165, 1.54) is 36.4 Å². The molecule has 198 valence electrons. The molecule has 0 saturated heterocycles. The van der Waals surface area contributed by atoms with E-state index >= 15 is 0 Å². The Bertz CT molecular complexity index is 1390. The van der Waals surface area contributed by atoms with Crippen LogP contribution in [-0.4, -0.2) is 38.9 Å². The van der Waals surface area contributed by atoms with Gasteiger partial charge in [-0.25, -0.2) is 8.42 Å². The molecular weight excluding hydrogens is 540 g/mol. The molecule has 0 unspecified atom stereocenters. The zero-order valence-corrected chi connectivity index (χ0v) is 20.6. The van der Waals surface area contributed by atoms with Crippen molar-refractivity contribution in [1.29, 1.82) is 0 Å². The van der Waals surface area contributed by atoms with Gasteiger partial charge in [-0.1, -0.05) is 0 Å². The number of hydrogen-bond donors (Lipinski definition) is 8. The van der Waals surface area contributed by atoms with Gasteiger partial charge in [0.05, 0.1) is 16.3 Å². The van der Waals surface area contributed by atoms with Gasteiger partial charge in [-0.15, -0.1) is 0 Å². The van der Waals surface area contributed by atoms with Gasteiger partial charge in [-0.05, 0) is 54.6 Å². The lowest BCUT2D eigenvalue weighted by Crippen LogP contribution is -2.04. The summed E-state index contributed by atoms with van der Waals surface area (Å²) >= 11 is 0. The Morgan fingerprint density at radius 2 is 0.750 bits per heavy atom. The van der Waals surface area contributed by atoms with Crippen LogP contribution in [0, 0.1) is 0 Å². The van der Waals surface area contributed by atoms with E-state index in [0.29, 0.717) is 0 Å². The molecule has 0 atom stereocenters. The maximum absolute atomic E-state index is 10.6. The standard InChI is InChI=1S/3C6H8N2O3S/c3*7-4-1-2-5(8)6(3-4)12(9,10)11/h3*1-3H,7-8H2,(H,9,10,11)/p-1. The maximum atomic E-state index is 10.6. The van der Waals surface area contributed by atoms with Gasteiger partial charge in [0.25, 0.3) is 20.2 Å². The summed E-state index contributed by atoms with van der Waals surface area (Å²) in [6.07, 6.45) is 0. The molecule has 0 spiro atoms. The second-order valence-electron chi connectivity index (χ2n) is 6.80. The molecule has 36 heavy (non-hydrogen) atoms. The number of benzene rings is 3. The Morgan fingerprint density at radius 3 is 0.944 bits per heavy atom. The Hall–Kier alpha value is -3.81. The zero-order valence-electron chi connectivity index (χ0n) is 18.1. The van der Waals surface area contributed by atoms with Crippen molar-refractivity contribution in [1.82, 2.24) is 0 Å². The summed E-state index contributed by atoms with van der Waals surface area (Å²) in [7, 11) is -13.0. The Kier molecular flexibility index (Phi) is 9.47. The van der Waals surface area contributed by atoms with Crippen LogP contribution >= 0.6 is 0 Å². The van der Waals surface area contributed by atoms with E-state index in [1.807, 2.05) is 0 Å². The fraction of sp³-hybridized carbons (Fsp3) is 0. The van der Waals surface area contributed by atoms with E-state index in [0.717, 1.165) is 18.2 Å². The molecule has 0 heterocycles. The third-order valence-electron chi connectivity index (χ3n) is 3.94. The molecule has 0 aliphatic rings. The molecule has 3 aromatic carbocycles. The summed E-state index contributed by atoms with van der Waals surface area (Å²) in [5, 5.41) is 0. The minimum atomic E-state index is -4.51. The minimum Gasteiger partial charge on any atom is -0.744 e. The molecule has 18 heteroatoms. The van der Waals surface area contributed by atoms with Gasteiger partial charge >= 0.3 is 0 Å². The second-order valence-corrected chi connectivity index (χ2v) is 10.9. The highest BCUT2D eigenvalue weighted by molar-refractivity contribution is 7.86. The molecule has 0 amide bonds. The molecule has 0 aliphatic carbocycles. The highest BCUT2D eigenvalue weighted by atomic mass is 32.2. The van der Waals surface area contributed by atoms with Crippen LogP contribution in [-0.2, 0) is 30.4 Å². The fourth-order valence-electron chi connectivity index (χ4n) is 2.32. The van der Waals surface area contributed by atoms with Gasteiger partial charge in [0.15, 0.2) is 0 Å². The van der Waals surface area contributed by atoms with E-state index in [9.17, 15) is 29.8 Å². The van der Waals surface area contributed by atoms with Crippen molar-refractivity contribution in [3.8, 4) is 0 Å². The normalized spacial score (nSPS) is 11.4. The summed E-state index contributed by atoms with van der Waals surface area (Å²) in [5.41, 5.74) is 32.2. The smallest absolute Gasteiger partial charge is 0.296 e. The molecule has 3 aromatic rings. The first-order chi connectivity index (χ1) is 16.2. The number of anilines is 6. The number of nitrogens with two attached hydrogens (primary N) is 6. The van der Waals surface area contributed by atoms with Gasteiger partial charge in [-0.3, -0.25) is 9.11 Å². The number of nitrogen functional groups attached to an aromatic ring is 6. The van der Waals surface area contributed by atoms with Crippen LogP contribution in [0.25, 0.3) is 0 Å². The quantitative estimate of drug-likeness (QED) is 0.153.